The number of carboxylic acids is 5. The molecule has 19 N–H and O–H groups in total. The molecule has 0 aliphatic heterocycles. The zero-order valence-electron chi connectivity index (χ0n) is 22.3. The molecule has 18 nitrogen and oxygen atoms in total. The lowest BCUT2D eigenvalue weighted by atomic mass is 10.1. The third-order valence-corrected chi connectivity index (χ3v) is 4.16. The number of aliphatic carboxylic acids is 5. The Morgan fingerprint density at radius 2 is 1.12 bits per heavy atom. The van der Waals surface area contributed by atoms with Crippen molar-refractivity contribution in [3.8, 4) is 0 Å². The minimum Gasteiger partial charge on any atom is -0.480 e. The van der Waals surface area contributed by atoms with Gasteiger partial charge in [-0.1, -0.05) is 30.3 Å². The predicted octanol–water partition coefficient (Wildman–Crippen LogP) is -3.52. The second kappa shape index (κ2) is 29.0. The van der Waals surface area contributed by atoms with Gasteiger partial charge in [-0.25, -0.2) is 0 Å². The third-order valence-electron chi connectivity index (χ3n) is 3.76. The van der Waals surface area contributed by atoms with Gasteiger partial charge in [-0.05, 0) is 24.8 Å². The molecule has 236 valence electrons. The Balaban J connectivity index is -0.000000220. The van der Waals surface area contributed by atoms with Crippen LogP contribution in [0.15, 0.2) is 35.3 Å². The van der Waals surface area contributed by atoms with E-state index in [4.69, 9.17) is 54.2 Å². The summed E-state index contributed by atoms with van der Waals surface area (Å²) in [4.78, 5) is 52.5. The van der Waals surface area contributed by atoms with E-state index in [0.717, 1.165) is 5.56 Å². The molecule has 0 aromatic heterocycles. The molecule has 1 aromatic carbocycles. The van der Waals surface area contributed by atoms with Crippen molar-refractivity contribution in [2.45, 2.75) is 37.4 Å². The first-order chi connectivity index (χ1) is 19.0. The van der Waals surface area contributed by atoms with Crippen molar-refractivity contribution in [3.63, 3.8) is 0 Å². The fraction of sp³-hybridized carbons (Fsp3) is 0.455. The monoisotopic (exact) mass is 610 g/mol. The molecule has 0 spiro atoms. The van der Waals surface area contributed by atoms with Crippen LogP contribution in [0.25, 0.3) is 0 Å². The summed E-state index contributed by atoms with van der Waals surface area (Å²) >= 11 is 3.65. The Bertz CT molecular complexity index is 892. The second-order valence-electron chi connectivity index (χ2n) is 7.35. The zero-order valence-corrected chi connectivity index (χ0v) is 23.2. The molecular formula is C22H42N8O10S. The topological polar surface area (TPSA) is 381 Å². The lowest BCUT2D eigenvalue weighted by Crippen LogP contribution is -2.32. The summed E-state index contributed by atoms with van der Waals surface area (Å²) in [5, 5.41) is 40.1. The first-order valence-electron chi connectivity index (χ1n) is 11.5. The van der Waals surface area contributed by atoms with E-state index >= 15 is 0 Å². The molecule has 0 heterocycles. The molecule has 0 aliphatic carbocycles. The molecule has 3 unspecified atom stereocenters. The molecule has 0 saturated heterocycles. The van der Waals surface area contributed by atoms with Crippen LogP contribution in [0.1, 0.15) is 18.4 Å². The van der Waals surface area contributed by atoms with Crippen molar-refractivity contribution in [1.29, 1.82) is 0 Å². The Kier molecular flexibility index (Phi) is 31.1. The molecule has 3 atom stereocenters. The van der Waals surface area contributed by atoms with E-state index in [-0.39, 0.29) is 24.8 Å². The van der Waals surface area contributed by atoms with Crippen LogP contribution in [-0.4, -0.2) is 105 Å². The molecule has 0 fully saturated rings. The smallest absolute Gasteiger partial charge is 0.321 e. The molecule has 41 heavy (non-hydrogen) atoms. The lowest BCUT2D eigenvalue weighted by Gasteiger charge is -2.04. The van der Waals surface area contributed by atoms with Gasteiger partial charge in [0.25, 0.3) is 0 Å². The van der Waals surface area contributed by atoms with E-state index in [1.54, 1.807) is 0 Å². The average Bonchev–Trinajstić information content (AvgIpc) is 2.92. The number of carbonyl (C=O) groups is 5. The molecule has 1 aromatic rings. The van der Waals surface area contributed by atoms with Gasteiger partial charge < -0.3 is 65.7 Å². The SMILES string of the molecule is NC(CS)C(=O)O.NC(Cc1ccccc1)C(=O)O.NC(N)=NCCCC(N)C(=O)O.NCC(=O)O.NCC(=O)O. The molecule has 0 bridgehead atoms. The van der Waals surface area contributed by atoms with E-state index in [1.807, 2.05) is 30.3 Å². The first-order valence-corrected chi connectivity index (χ1v) is 12.1. The van der Waals surface area contributed by atoms with Crippen LogP contribution < -0.4 is 40.1 Å². The number of rotatable bonds is 12. The van der Waals surface area contributed by atoms with Gasteiger partial charge in [0.05, 0.1) is 13.1 Å². The molecule has 19 heteroatoms. The van der Waals surface area contributed by atoms with Gasteiger partial charge in [-0.3, -0.25) is 29.0 Å². The van der Waals surface area contributed by atoms with Crippen molar-refractivity contribution >= 4 is 48.4 Å². The van der Waals surface area contributed by atoms with Crippen LogP contribution in [0.5, 0.6) is 0 Å². The summed E-state index contributed by atoms with van der Waals surface area (Å²) in [7, 11) is 0. The summed E-state index contributed by atoms with van der Waals surface area (Å²) in [5.41, 5.74) is 35.7. The largest absolute Gasteiger partial charge is 0.480 e. The highest BCUT2D eigenvalue weighted by molar-refractivity contribution is 7.80. The quantitative estimate of drug-likeness (QED) is 0.0471. The van der Waals surface area contributed by atoms with Crippen LogP contribution in [-0.2, 0) is 30.4 Å². The molecule has 0 saturated carbocycles. The van der Waals surface area contributed by atoms with Crippen LogP contribution in [0, 0.1) is 0 Å². The van der Waals surface area contributed by atoms with Crippen LogP contribution in [0.4, 0.5) is 0 Å². The molecule has 0 amide bonds. The van der Waals surface area contributed by atoms with Crippen molar-refractivity contribution in [3.05, 3.63) is 35.9 Å². The van der Waals surface area contributed by atoms with E-state index in [9.17, 15) is 24.0 Å². The van der Waals surface area contributed by atoms with E-state index in [2.05, 4.69) is 29.1 Å². The van der Waals surface area contributed by atoms with E-state index in [0.29, 0.717) is 25.8 Å². The van der Waals surface area contributed by atoms with Gasteiger partial charge in [0.15, 0.2) is 5.96 Å². The highest BCUT2D eigenvalue weighted by Crippen LogP contribution is 2.01. The fourth-order valence-electron chi connectivity index (χ4n) is 1.68. The highest BCUT2D eigenvalue weighted by Gasteiger charge is 2.11. The zero-order chi connectivity index (χ0) is 33.0. The van der Waals surface area contributed by atoms with Gasteiger partial charge in [0.2, 0.25) is 0 Å². The van der Waals surface area contributed by atoms with Gasteiger partial charge in [0.1, 0.15) is 18.1 Å². The second-order valence-corrected chi connectivity index (χ2v) is 7.72. The maximum atomic E-state index is 10.4. The molecule has 0 aliphatic rings. The van der Waals surface area contributed by atoms with E-state index < -0.39 is 48.0 Å². The highest BCUT2D eigenvalue weighted by atomic mass is 32.1. The number of carboxylic acid groups (broad SMARTS) is 5. The van der Waals surface area contributed by atoms with Gasteiger partial charge in [-0.15, -0.1) is 0 Å². The van der Waals surface area contributed by atoms with Gasteiger partial charge in [0, 0.05) is 12.3 Å². The summed E-state index contributed by atoms with van der Waals surface area (Å²) < 4.78 is 0. The number of hydrogen-bond acceptors (Lipinski definition) is 12. The number of aliphatic imine (C=N–C) groups is 1. The summed E-state index contributed by atoms with van der Waals surface area (Å²) in [6, 6.07) is 6.91. The van der Waals surface area contributed by atoms with Crippen molar-refractivity contribution in [2.75, 3.05) is 25.4 Å². The number of nitrogens with zero attached hydrogens (tertiary/aromatic N) is 1. The number of guanidine groups is 1. The van der Waals surface area contributed by atoms with Crippen molar-refractivity contribution < 1.29 is 49.5 Å². The van der Waals surface area contributed by atoms with Crippen LogP contribution >= 0.6 is 12.6 Å². The molecule has 0 radical (unpaired) electrons. The summed E-state index contributed by atoms with van der Waals surface area (Å²) in [6.07, 6.45) is 1.34. The molecule has 1 rings (SSSR count). The fourth-order valence-corrected chi connectivity index (χ4v) is 1.83. The minimum atomic E-state index is -1.00. The van der Waals surface area contributed by atoms with Gasteiger partial charge >= 0.3 is 29.8 Å². The Morgan fingerprint density at radius 3 is 1.39 bits per heavy atom. The Labute approximate surface area is 242 Å². The van der Waals surface area contributed by atoms with E-state index in [1.165, 1.54) is 0 Å². The Hall–Kier alpha value is -4.01. The average molecular weight is 611 g/mol. The Morgan fingerprint density at radius 1 is 0.732 bits per heavy atom. The van der Waals surface area contributed by atoms with Gasteiger partial charge in [-0.2, -0.15) is 12.6 Å². The standard InChI is InChI=1S/C9H11NO2.C6H14N4O2.C3H7NO2S.2C2H5NO2/c10-8(9(11)12)6-7-4-2-1-3-5-7;7-4(5(11)12)2-1-3-10-6(8)9;4-2(1-7)3(5)6;2*3-1-2(4)5/h1-5,8H,6,10H2,(H,11,12);4H,1-3,7H2,(H,11,12)(H4,8,9,10);2,7H,1,4H2,(H,5,6);2*1,3H2,(H,4,5). The third kappa shape index (κ3) is 38.2. The van der Waals surface area contributed by atoms with Crippen LogP contribution in [0.2, 0.25) is 0 Å². The van der Waals surface area contributed by atoms with Crippen molar-refractivity contribution in [2.24, 2.45) is 45.1 Å². The number of hydrogen-bond donors (Lipinski definition) is 13. The summed E-state index contributed by atoms with van der Waals surface area (Å²) in [5.74, 6) is -4.70. The first kappa shape index (κ1) is 44.0. The summed E-state index contributed by atoms with van der Waals surface area (Å²) in [6.45, 7) is -0.136. The maximum Gasteiger partial charge on any atom is 0.321 e. The predicted molar refractivity (Wildman–Crippen MR) is 154 cm³/mol. The normalized spacial score (nSPS) is 11.3. The van der Waals surface area contributed by atoms with Crippen molar-refractivity contribution in [1.82, 2.24) is 0 Å². The number of nitrogens with two attached hydrogens (primary N) is 7. The lowest BCUT2D eigenvalue weighted by molar-refractivity contribution is -0.139. The number of thiol groups is 1. The minimum absolute atomic E-state index is 0.0129. The number of benzene rings is 1. The maximum absolute atomic E-state index is 10.4. The van der Waals surface area contributed by atoms with Crippen LogP contribution in [0.3, 0.4) is 0 Å². The molecular weight excluding hydrogens is 568 g/mol.